The van der Waals surface area contributed by atoms with E-state index in [4.69, 9.17) is 5.11 Å². The van der Waals surface area contributed by atoms with Crippen LogP contribution in [0, 0.1) is 9.49 Å². The Bertz CT molecular complexity index is 518. The Balaban J connectivity index is 1.94. The van der Waals surface area contributed by atoms with Gasteiger partial charge in [-0.05, 0) is 64.6 Å². The van der Waals surface area contributed by atoms with Crippen molar-refractivity contribution in [3.05, 3.63) is 27.3 Å². The molecule has 2 amide bonds. The van der Waals surface area contributed by atoms with E-state index in [1.54, 1.807) is 12.1 Å². The lowest BCUT2D eigenvalue weighted by molar-refractivity contribution is 0.0698. The van der Waals surface area contributed by atoms with Crippen molar-refractivity contribution in [2.45, 2.75) is 6.42 Å². The van der Waals surface area contributed by atoms with Gasteiger partial charge in [-0.2, -0.15) is 11.8 Å². The third kappa shape index (κ3) is 4.27. The largest absolute Gasteiger partial charge is 0.478 e. The molecule has 1 aromatic carbocycles. The summed E-state index contributed by atoms with van der Waals surface area (Å²) in [7, 11) is 0. The Morgan fingerprint density at radius 3 is 2.90 bits per heavy atom. The minimum absolute atomic E-state index is 0.100. The monoisotopic (exact) mass is 406 g/mol. The number of carboxylic acid groups (broad SMARTS) is 1. The Morgan fingerprint density at radius 1 is 1.45 bits per heavy atom. The minimum Gasteiger partial charge on any atom is -0.478 e. The van der Waals surface area contributed by atoms with Crippen molar-refractivity contribution >= 4 is 52.0 Å². The number of carbonyl (C=O) groups is 2. The Kier molecular flexibility index (Phi) is 5.53. The van der Waals surface area contributed by atoms with E-state index in [2.05, 4.69) is 10.6 Å². The standard InChI is InChI=1S/C13H15IN2O3S/c14-9-1-2-11(10(5-9)12(17)18)16-13(19)15-6-8-3-4-20-7-8/h1-2,5,8H,3-4,6-7H2,(H,17,18)(H2,15,16,19). The molecule has 0 saturated carbocycles. The van der Waals surface area contributed by atoms with Gasteiger partial charge in [-0.15, -0.1) is 0 Å². The number of carbonyl (C=O) groups excluding carboxylic acids is 1. The van der Waals surface area contributed by atoms with Gasteiger partial charge >= 0.3 is 12.0 Å². The summed E-state index contributed by atoms with van der Waals surface area (Å²) in [6.45, 7) is 0.631. The highest BCUT2D eigenvalue weighted by Gasteiger charge is 2.17. The molecule has 0 bridgehead atoms. The van der Waals surface area contributed by atoms with E-state index in [1.165, 1.54) is 6.07 Å². The van der Waals surface area contributed by atoms with Gasteiger partial charge in [0.05, 0.1) is 11.3 Å². The normalized spacial score (nSPS) is 17.8. The minimum atomic E-state index is -1.05. The van der Waals surface area contributed by atoms with Gasteiger partial charge in [-0.3, -0.25) is 0 Å². The predicted molar refractivity (Wildman–Crippen MR) is 88.6 cm³/mol. The zero-order valence-electron chi connectivity index (χ0n) is 10.7. The average molecular weight is 406 g/mol. The molecular weight excluding hydrogens is 391 g/mol. The molecule has 0 aromatic heterocycles. The number of hydrogen-bond donors (Lipinski definition) is 3. The van der Waals surface area contributed by atoms with Crippen LogP contribution in [0.4, 0.5) is 10.5 Å². The van der Waals surface area contributed by atoms with Gasteiger partial charge < -0.3 is 15.7 Å². The van der Waals surface area contributed by atoms with E-state index >= 15 is 0 Å². The molecule has 1 unspecified atom stereocenters. The number of rotatable bonds is 4. The molecule has 1 aromatic rings. The number of hydrogen-bond acceptors (Lipinski definition) is 3. The number of halogens is 1. The molecule has 3 N–H and O–H groups in total. The van der Waals surface area contributed by atoms with Crippen LogP contribution in [0.1, 0.15) is 16.8 Å². The maximum Gasteiger partial charge on any atom is 0.337 e. The molecule has 20 heavy (non-hydrogen) atoms. The number of aromatic carboxylic acids is 1. The second-order valence-corrected chi connectivity index (χ2v) is 6.96. The number of benzene rings is 1. The zero-order valence-corrected chi connectivity index (χ0v) is 13.7. The van der Waals surface area contributed by atoms with Crippen LogP contribution in [0.3, 0.4) is 0 Å². The maximum absolute atomic E-state index is 11.8. The summed E-state index contributed by atoms with van der Waals surface area (Å²) in [6.07, 6.45) is 1.12. The molecule has 0 spiro atoms. The lowest BCUT2D eigenvalue weighted by Crippen LogP contribution is -2.33. The van der Waals surface area contributed by atoms with Crippen LogP contribution >= 0.6 is 34.4 Å². The van der Waals surface area contributed by atoms with Crippen molar-refractivity contribution in [3.8, 4) is 0 Å². The highest BCUT2D eigenvalue weighted by molar-refractivity contribution is 14.1. The molecule has 2 rings (SSSR count). The fourth-order valence-corrected chi connectivity index (χ4v) is 3.73. The van der Waals surface area contributed by atoms with E-state index in [0.29, 0.717) is 18.2 Å². The molecule has 1 atom stereocenters. The van der Waals surface area contributed by atoms with Gasteiger partial charge in [-0.1, -0.05) is 0 Å². The molecule has 0 radical (unpaired) electrons. The van der Waals surface area contributed by atoms with Crippen molar-refractivity contribution in [1.82, 2.24) is 5.32 Å². The molecule has 0 aliphatic carbocycles. The highest BCUT2D eigenvalue weighted by Crippen LogP contribution is 2.22. The molecule has 1 aliphatic heterocycles. The molecular formula is C13H15IN2O3S. The van der Waals surface area contributed by atoms with Crippen molar-refractivity contribution < 1.29 is 14.7 Å². The molecule has 108 valence electrons. The number of anilines is 1. The van der Waals surface area contributed by atoms with Crippen molar-refractivity contribution in [3.63, 3.8) is 0 Å². The lowest BCUT2D eigenvalue weighted by Gasteiger charge is -2.12. The number of urea groups is 1. The SMILES string of the molecule is O=C(NCC1CCSC1)Nc1ccc(I)cc1C(=O)O. The number of thioether (sulfide) groups is 1. The van der Waals surface area contributed by atoms with Crippen LogP contribution in [-0.2, 0) is 0 Å². The summed E-state index contributed by atoms with van der Waals surface area (Å²) in [5, 5.41) is 14.5. The molecule has 1 fully saturated rings. The summed E-state index contributed by atoms with van der Waals surface area (Å²) >= 11 is 3.93. The van der Waals surface area contributed by atoms with Crippen molar-refractivity contribution in [1.29, 1.82) is 0 Å². The van der Waals surface area contributed by atoms with Crippen LogP contribution in [0.2, 0.25) is 0 Å². The van der Waals surface area contributed by atoms with Crippen molar-refractivity contribution in [2.24, 2.45) is 5.92 Å². The molecule has 1 saturated heterocycles. The summed E-state index contributed by atoms with van der Waals surface area (Å²) in [5.74, 6) is 1.69. The molecule has 5 nitrogen and oxygen atoms in total. The topological polar surface area (TPSA) is 78.4 Å². The lowest BCUT2D eigenvalue weighted by atomic mass is 10.1. The fourth-order valence-electron chi connectivity index (χ4n) is 1.95. The van der Waals surface area contributed by atoms with Crippen LogP contribution in [-0.4, -0.2) is 35.2 Å². The summed E-state index contributed by atoms with van der Waals surface area (Å²) in [4.78, 5) is 22.9. The van der Waals surface area contributed by atoms with Gasteiger partial charge in [0.2, 0.25) is 0 Å². The van der Waals surface area contributed by atoms with E-state index in [-0.39, 0.29) is 11.6 Å². The Hall–Kier alpha value is -0.960. The number of amides is 2. The summed E-state index contributed by atoms with van der Waals surface area (Å²) in [6, 6.07) is 4.55. The number of nitrogens with one attached hydrogen (secondary N) is 2. The third-order valence-electron chi connectivity index (χ3n) is 3.04. The third-order valence-corrected chi connectivity index (χ3v) is 4.94. The van der Waals surface area contributed by atoms with Gasteiger partial charge in [0.25, 0.3) is 0 Å². The quantitative estimate of drug-likeness (QED) is 0.673. The van der Waals surface area contributed by atoms with Crippen LogP contribution in [0.25, 0.3) is 0 Å². The fraction of sp³-hybridized carbons (Fsp3) is 0.385. The second-order valence-electron chi connectivity index (χ2n) is 4.56. The van der Waals surface area contributed by atoms with Crippen LogP contribution < -0.4 is 10.6 Å². The highest BCUT2D eigenvalue weighted by atomic mass is 127. The maximum atomic E-state index is 11.8. The van der Waals surface area contributed by atoms with Gasteiger partial charge in [0.1, 0.15) is 0 Å². The van der Waals surface area contributed by atoms with Crippen LogP contribution in [0.5, 0.6) is 0 Å². The Labute approximate surface area is 135 Å². The molecule has 1 heterocycles. The molecule has 7 heteroatoms. The van der Waals surface area contributed by atoms with E-state index < -0.39 is 5.97 Å². The second kappa shape index (κ2) is 7.16. The smallest absolute Gasteiger partial charge is 0.337 e. The first-order valence-electron chi connectivity index (χ1n) is 6.21. The first-order valence-corrected chi connectivity index (χ1v) is 8.45. The van der Waals surface area contributed by atoms with Gasteiger partial charge in [-0.25, -0.2) is 9.59 Å². The average Bonchev–Trinajstić information content (AvgIpc) is 2.91. The first-order chi connectivity index (χ1) is 9.56. The summed E-state index contributed by atoms with van der Waals surface area (Å²) < 4.78 is 0.814. The van der Waals surface area contributed by atoms with Crippen LogP contribution in [0.15, 0.2) is 18.2 Å². The molecule has 1 aliphatic rings. The van der Waals surface area contributed by atoms with Gasteiger partial charge in [0, 0.05) is 10.1 Å². The summed E-state index contributed by atoms with van der Waals surface area (Å²) in [5.41, 5.74) is 0.416. The van der Waals surface area contributed by atoms with E-state index in [0.717, 1.165) is 21.5 Å². The first kappa shape index (κ1) is 15.4. The predicted octanol–water partition coefficient (Wildman–Crippen LogP) is 2.86. The van der Waals surface area contributed by atoms with Gasteiger partial charge in [0.15, 0.2) is 0 Å². The van der Waals surface area contributed by atoms with E-state index in [1.807, 2.05) is 34.4 Å². The van der Waals surface area contributed by atoms with Crippen molar-refractivity contribution in [2.75, 3.05) is 23.4 Å². The Morgan fingerprint density at radius 2 is 2.25 bits per heavy atom. The zero-order chi connectivity index (χ0) is 14.5. The van der Waals surface area contributed by atoms with E-state index in [9.17, 15) is 9.59 Å². The number of carboxylic acids is 1.